The smallest absolute Gasteiger partial charge is 0.257 e. The number of benzene rings is 1. The molecule has 8 heteroatoms. The molecule has 1 aromatic carbocycles. The van der Waals surface area contributed by atoms with Crippen molar-refractivity contribution >= 4 is 40.7 Å². The minimum absolute atomic E-state index is 0.183. The van der Waals surface area contributed by atoms with Crippen LogP contribution in [0.3, 0.4) is 0 Å². The number of pyridine rings is 1. The third-order valence-corrected chi connectivity index (χ3v) is 7.20. The fourth-order valence-corrected chi connectivity index (χ4v) is 4.74. The lowest BCUT2D eigenvalue weighted by molar-refractivity contribution is -0.136. The van der Waals surface area contributed by atoms with Crippen molar-refractivity contribution in [2.75, 3.05) is 25.0 Å². The third kappa shape index (κ3) is 5.86. The maximum atomic E-state index is 12.8. The van der Waals surface area contributed by atoms with Crippen LogP contribution in [0.25, 0.3) is 0 Å². The van der Waals surface area contributed by atoms with Gasteiger partial charge in [-0.25, -0.2) is 0 Å². The number of piperazine rings is 1. The van der Waals surface area contributed by atoms with E-state index in [1.54, 1.807) is 19.1 Å². The molecule has 176 valence electrons. The van der Waals surface area contributed by atoms with E-state index in [-0.39, 0.29) is 11.9 Å². The molecule has 4 rings (SSSR count). The van der Waals surface area contributed by atoms with Crippen LogP contribution in [0.1, 0.15) is 53.4 Å². The first-order valence-electron chi connectivity index (χ1n) is 11.5. The van der Waals surface area contributed by atoms with E-state index in [0.717, 1.165) is 30.8 Å². The second-order valence-electron chi connectivity index (χ2n) is 9.30. The molecule has 1 saturated heterocycles. The number of carbonyl (C=O) groups excluding carboxylic acids is 2. The Morgan fingerprint density at radius 2 is 1.91 bits per heavy atom. The zero-order valence-corrected chi connectivity index (χ0v) is 20.8. The number of anilines is 1. The number of nitrogens with one attached hydrogen (secondary N) is 1. The summed E-state index contributed by atoms with van der Waals surface area (Å²) in [5, 5.41) is 3.97. The van der Waals surface area contributed by atoms with Crippen molar-refractivity contribution in [2.24, 2.45) is 5.92 Å². The maximum Gasteiger partial charge on any atom is 0.257 e. The molecule has 2 aromatic rings. The number of hydrogen-bond acceptors (Lipinski definition) is 4. The Balaban J connectivity index is 1.43. The zero-order chi connectivity index (χ0) is 23.7. The SMILES string of the molecule is Cc1ncc(C(=O)Nc2cc(Cl)cc(CN3CCN(C(=O)CC4CC4)[C@@H](C)C3)c2C)cc1Cl. The molecular weight excluding hydrogens is 459 g/mol. The number of halogens is 2. The Morgan fingerprint density at radius 3 is 2.58 bits per heavy atom. The highest BCUT2D eigenvalue weighted by Crippen LogP contribution is 2.33. The number of amides is 2. The second kappa shape index (κ2) is 10.00. The predicted octanol–water partition coefficient (Wildman–Crippen LogP) is 5.09. The van der Waals surface area contributed by atoms with Gasteiger partial charge in [-0.2, -0.15) is 0 Å². The lowest BCUT2D eigenvalue weighted by Crippen LogP contribution is -2.53. The van der Waals surface area contributed by atoms with Crippen LogP contribution in [0, 0.1) is 19.8 Å². The monoisotopic (exact) mass is 488 g/mol. The summed E-state index contributed by atoms with van der Waals surface area (Å²) < 4.78 is 0. The Hall–Kier alpha value is -2.15. The summed E-state index contributed by atoms with van der Waals surface area (Å²) in [5.74, 6) is 0.619. The summed E-state index contributed by atoms with van der Waals surface area (Å²) in [6, 6.07) is 5.51. The average Bonchev–Trinajstić information content (AvgIpc) is 3.57. The molecule has 1 aliphatic carbocycles. The minimum Gasteiger partial charge on any atom is -0.337 e. The van der Waals surface area contributed by atoms with Crippen LogP contribution in [-0.2, 0) is 11.3 Å². The average molecular weight is 489 g/mol. The summed E-state index contributed by atoms with van der Waals surface area (Å²) in [7, 11) is 0. The summed E-state index contributed by atoms with van der Waals surface area (Å²) in [4.78, 5) is 33.9. The standard InChI is InChI=1S/C25H30Cl2N4O2/c1-15-13-30(6-7-31(15)24(32)8-18-4-5-18)14-20-9-21(26)11-23(16(20)2)29-25(33)19-10-22(27)17(3)28-12-19/h9-12,15,18H,4-8,13-14H2,1-3H3,(H,29,33)/t15-/m0/s1. The molecule has 1 saturated carbocycles. The molecule has 0 radical (unpaired) electrons. The van der Waals surface area contributed by atoms with Crippen LogP contribution < -0.4 is 5.32 Å². The van der Waals surface area contributed by atoms with E-state index in [0.29, 0.717) is 51.8 Å². The number of hydrogen-bond donors (Lipinski definition) is 1. The van der Waals surface area contributed by atoms with E-state index in [1.165, 1.54) is 19.0 Å². The van der Waals surface area contributed by atoms with Crippen molar-refractivity contribution in [2.45, 2.75) is 52.6 Å². The van der Waals surface area contributed by atoms with Gasteiger partial charge in [-0.3, -0.25) is 19.5 Å². The fraction of sp³-hybridized carbons (Fsp3) is 0.480. The lowest BCUT2D eigenvalue weighted by atomic mass is 10.0. The van der Waals surface area contributed by atoms with Crippen LogP contribution in [0.4, 0.5) is 5.69 Å². The molecule has 2 heterocycles. The normalized spacial score (nSPS) is 18.9. The second-order valence-corrected chi connectivity index (χ2v) is 10.1. The number of carbonyl (C=O) groups is 2. The molecule has 1 aromatic heterocycles. The highest BCUT2D eigenvalue weighted by atomic mass is 35.5. The predicted molar refractivity (Wildman–Crippen MR) is 132 cm³/mol. The van der Waals surface area contributed by atoms with E-state index in [4.69, 9.17) is 23.2 Å². The van der Waals surface area contributed by atoms with E-state index in [1.807, 2.05) is 17.9 Å². The number of rotatable bonds is 6. The fourth-order valence-electron chi connectivity index (χ4n) is 4.33. The van der Waals surface area contributed by atoms with Gasteiger partial charge >= 0.3 is 0 Å². The van der Waals surface area contributed by atoms with Crippen molar-refractivity contribution in [3.05, 3.63) is 56.8 Å². The molecule has 2 aliphatic rings. The van der Waals surface area contributed by atoms with Gasteiger partial charge in [0, 0.05) is 55.5 Å². The summed E-state index contributed by atoms with van der Waals surface area (Å²) in [5.41, 5.74) is 3.78. The van der Waals surface area contributed by atoms with Gasteiger partial charge in [0.2, 0.25) is 5.91 Å². The molecule has 1 aliphatic heterocycles. The molecule has 2 amide bonds. The topological polar surface area (TPSA) is 65.5 Å². The van der Waals surface area contributed by atoms with Crippen molar-refractivity contribution in [1.82, 2.24) is 14.8 Å². The minimum atomic E-state index is -0.280. The molecule has 6 nitrogen and oxygen atoms in total. The lowest BCUT2D eigenvalue weighted by Gasteiger charge is -2.40. The van der Waals surface area contributed by atoms with Gasteiger partial charge in [-0.15, -0.1) is 0 Å². The largest absolute Gasteiger partial charge is 0.337 e. The van der Waals surface area contributed by atoms with Gasteiger partial charge < -0.3 is 10.2 Å². The molecule has 1 N–H and O–H groups in total. The van der Waals surface area contributed by atoms with Gasteiger partial charge in [0.15, 0.2) is 0 Å². The number of nitrogens with zero attached hydrogens (tertiary/aromatic N) is 3. The summed E-state index contributed by atoms with van der Waals surface area (Å²) in [6.45, 7) is 8.99. The first-order chi connectivity index (χ1) is 15.7. The highest BCUT2D eigenvalue weighted by molar-refractivity contribution is 6.32. The summed E-state index contributed by atoms with van der Waals surface area (Å²) in [6.07, 6.45) is 4.60. The molecule has 33 heavy (non-hydrogen) atoms. The van der Waals surface area contributed by atoms with Crippen LogP contribution in [-0.4, -0.2) is 52.3 Å². The van der Waals surface area contributed by atoms with Gasteiger partial charge in [-0.1, -0.05) is 23.2 Å². The maximum absolute atomic E-state index is 12.8. The first kappa shape index (κ1) is 24.0. The van der Waals surface area contributed by atoms with Crippen molar-refractivity contribution < 1.29 is 9.59 Å². The molecule has 0 bridgehead atoms. The van der Waals surface area contributed by atoms with Gasteiger partial charge in [0.25, 0.3) is 5.91 Å². The quantitative estimate of drug-likeness (QED) is 0.614. The highest BCUT2D eigenvalue weighted by Gasteiger charge is 2.32. The number of aromatic nitrogens is 1. The molecule has 1 atom stereocenters. The molecule has 0 unspecified atom stereocenters. The van der Waals surface area contributed by atoms with Crippen molar-refractivity contribution in [3.63, 3.8) is 0 Å². The van der Waals surface area contributed by atoms with Crippen LogP contribution in [0.15, 0.2) is 24.4 Å². The molecule has 0 spiro atoms. The number of aryl methyl sites for hydroxylation is 1. The van der Waals surface area contributed by atoms with Crippen molar-refractivity contribution in [1.29, 1.82) is 0 Å². The van der Waals surface area contributed by atoms with Gasteiger partial charge in [0.1, 0.15) is 0 Å². The van der Waals surface area contributed by atoms with Crippen molar-refractivity contribution in [3.8, 4) is 0 Å². The van der Waals surface area contributed by atoms with E-state index >= 15 is 0 Å². The van der Waals surface area contributed by atoms with E-state index < -0.39 is 0 Å². The van der Waals surface area contributed by atoms with Gasteiger partial charge in [-0.05, 0) is 68.9 Å². The van der Waals surface area contributed by atoms with Crippen LogP contribution >= 0.6 is 23.2 Å². The Labute approximate surface area is 205 Å². The Kier molecular flexibility index (Phi) is 7.27. The van der Waals surface area contributed by atoms with E-state index in [2.05, 4.69) is 22.1 Å². The van der Waals surface area contributed by atoms with E-state index in [9.17, 15) is 9.59 Å². The zero-order valence-electron chi connectivity index (χ0n) is 19.3. The third-order valence-electron chi connectivity index (χ3n) is 6.60. The molecular formula is C25H30Cl2N4O2. The summed E-state index contributed by atoms with van der Waals surface area (Å²) >= 11 is 12.5. The van der Waals surface area contributed by atoms with Crippen LogP contribution in [0.2, 0.25) is 10.0 Å². The Morgan fingerprint density at radius 1 is 1.15 bits per heavy atom. The van der Waals surface area contributed by atoms with Gasteiger partial charge in [0.05, 0.1) is 16.3 Å². The first-order valence-corrected chi connectivity index (χ1v) is 12.2. The molecule has 2 fully saturated rings. The Bertz CT molecular complexity index is 1070. The van der Waals surface area contributed by atoms with Crippen LogP contribution in [0.5, 0.6) is 0 Å².